The van der Waals surface area contributed by atoms with Crippen LogP contribution >= 0.6 is 0 Å². The number of anilines is 3. The summed E-state index contributed by atoms with van der Waals surface area (Å²) >= 11 is 0. The predicted molar refractivity (Wildman–Crippen MR) is 190 cm³/mol. The average Bonchev–Trinajstić information content (AvgIpc) is 3.99. The molecule has 0 saturated carbocycles. The molecule has 2 fully saturated rings. The summed E-state index contributed by atoms with van der Waals surface area (Å²) in [6, 6.07) is 22.9. The van der Waals surface area contributed by atoms with E-state index in [2.05, 4.69) is 79.8 Å². The van der Waals surface area contributed by atoms with Gasteiger partial charge in [-0.15, -0.1) is 0 Å². The molecule has 5 heterocycles. The van der Waals surface area contributed by atoms with Gasteiger partial charge in [-0.3, -0.25) is 0 Å². The van der Waals surface area contributed by atoms with Gasteiger partial charge in [0.15, 0.2) is 0 Å². The van der Waals surface area contributed by atoms with Crippen LogP contribution in [-0.4, -0.2) is 81.4 Å². The van der Waals surface area contributed by atoms with Gasteiger partial charge in [0.05, 0.1) is 30.7 Å². The Morgan fingerprint density at radius 1 is 0.920 bits per heavy atom. The third kappa shape index (κ3) is 6.34. The summed E-state index contributed by atoms with van der Waals surface area (Å²) in [6.07, 6.45) is 6.55. The second-order valence-corrected chi connectivity index (χ2v) is 13.2. The molecule has 13 nitrogen and oxygen atoms in total. The van der Waals surface area contributed by atoms with Crippen LogP contribution in [0.25, 0.3) is 5.69 Å². The molecule has 0 amide bonds. The predicted octanol–water partition coefficient (Wildman–Crippen LogP) is 4.24. The van der Waals surface area contributed by atoms with E-state index in [0.29, 0.717) is 19.8 Å². The van der Waals surface area contributed by atoms with Gasteiger partial charge in [-0.1, -0.05) is 19.1 Å². The van der Waals surface area contributed by atoms with Crippen LogP contribution in [0.15, 0.2) is 90.2 Å². The number of ether oxygens (including phenoxy) is 3. The van der Waals surface area contributed by atoms with E-state index in [9.17, 15) is 4.79 Å². The van der Waals surface area contributed by atoms with Crippen LogP contribution in [0.2, 0.25) is 0 Å². The second-order valence-electron chi connectivity index (χ2n) is 13.2. The van der Waals surface area contributed by atoms with Gasteiger partial charge in [-0.05, 0) is 79.9 Å². The summed E-state index contributed by atoms with van der Waals surface area (Å²) in [4.78, 5) is 19.2. The molecular weight excluding hydrogens is 634 g/mol. The van der Waals surface area contributed by atoms with E-state index in [1.165, 1.54) is 11.3 Å². The summed E-state index contributed by atoms with van der Waals surface area (Å²) in [6.45, 7) is 9.72. The highest BCUT2D eigenvalue weighted by atomic mass is 16.8. The number of piperazine rings is 1. The topological polar surface area (TPSA) is 117 Å². The third-order valence-corrected chi connectivity index (χ3v) is 10.0. The van der Waals surface area contributed by atoms with Crippen LogP contribution < -0.4 is 25.5 Å². The number of benzene rings is 3. The van der Waals surface area contributed by atoms with Crippen LogP contribution in [-0.2, 0) is 28.2 Å². The number of hydrogen-bond donors (Lipinski definition) is 1. The fraction of sp³-hybridized carbons (Fsp3) is 0.405. The highest BCUT2D eigenvalue weighted by Crippen LogP contribution is 2.39. The Hall–Kier alpha value is -5.14. The summed E-state index contributed by atoms with van der Waals surface area (Å²) in [5.74, 6) is -0.213. The van der Waals surface area contributed by atoms with Crippen molar-refractivity contribution in [3.05, 3.63) is 107 Å². The summed E-state index contributed by atoms with van der Waals surface area (Å²) < 4.78 is 22.3. The van der Waals surface area contributed by atoms with Gasteiger partial charge in [0.2, 0.25) is 5.79 Å². The van der Waals surface area contributed by atoms with E-state index >= 15 is 0 Å². The molecule has 0 aliphatic carbocycles. The van der Waals surface area contributed by atoms with Gasteiger partial charge >= 0.3 is 5.69 Å². The molecule has 3 aliphatic rings. The van der Waals surface area contributed by atoms with Crippen molar-refractivity contribution in [3.63, 3.8) is 0 Å². The number of aromatic nitrogens is 6. The molecular formula is C37H43N9O4. The largest absolute Gasteiger partial charge is 0.491 e. The molecule has 0 bridgehead atoms. The zero-order valence-electron chi connectivity index (χ0n) is 28.5. The fourth-order valence-corrected chi connectivity index (χ4v) is 6.97. The zero-order valence-corrected chi connectivity index (χ0v) is 28.5. The van der Waals surface area contributed by atoms with E-state index in [4.69, 9.17) is 14.2 Å². The molecule has 2 saturated heterocycles. The lowest BCUT2D eigenvalue weighted by atomic mass is 10.0. The Labute approximate surface area is 291 Å². The third-order valence-electron chi connectivity index (χ3n) is 10.0. The Bertz CT molecular complexity index is 1950. The van der Waals surface area contributed by atoms with Crippen LogP contribution in [0.3, 0.4) is 0 Å². The highest BCUT2D eigenvalue weighted by Gasteiger charge is 2.45. The number of nitrogens with zero attached hydrogens (tertiary/aromatic N) is 8. The zero-order chi connectivity index (χ0) is 34.1. The Morgan fingerprint density at radius 2 is 1.60 bits per heavy atom. The van der Waals surface area contributed by atoms with Crippen LogP contribution in [0.4, 0.5) is 17.1 Å². The van der Waals surface area contributed by atoms with Gasteiger partial charge in [-0.25, -0.2) is 14.0 Å². The maximum absolute atomic E-state index is 12.8. The molecule has 13 heteroatoms. The van der Waals surface area contributed by atoms with Crippen LogP contribution in [0.5, 0.6) is 5.75 Å². The number of fused-ring (bicyclic) bond motifs is 1. The number of hydrogen-bond acceptors (Lipinski definition) is 10. The van der Waals surface area contributed by atoms with E-state index in [1.807, 2.05) is 31.2 Å². The standard InChI is InChI=1S/C37H43N9O4/c1-3-27(2)46-36(47)44(26-41-46)32-8-6-30(7-9-32)42-18-20-43(21-19-42)31-10-12-33(13-11-31)48-23-34-24-49-37(50-34,25-45-39-16-17-40-45)29-5-4-28-14-15-38-35(28)22-29/h4-13,16-17,22,26-27,34,38H,3,14-15,18-21,23-25H2,1-2H3. The van der Waals surface area contributed by atoms with Crippen LogP contribution in [0, 0.1) is 0 Å². The lowest BCUT2D eigenvalue weighted by Crippen LogP contribution is -2.46. The molecule has 8 rings (SSSR count). The van der Waals surface area contributed by atoms with Crippen LogP contribution in [0.1, 0.15) is 37.4 Å². The first-order valence-corrected chi connectivity index (χ1v) is 17.5. The van der Waals surface area contributed by atoms with Crippen molar-refractivity contribution >= 4 is 17.1 Å². The minimum absolute atomic E-state index is 0.0709. The second kappa shape index (κ2) is 13.6. The van der Waals surface area contributed by atoms with E-state index in [0.717, 1.165) is 73.9 Å². The first kappa shape index (κ1) is 32.1. The molecule has 0 spiro atoms. The van der Waals surface area contributed by atoms with Crippen molar-refractivity contribution < 1.29 is 14.2 Å². The van der Waals surface area contributed by atoms with Gasteiger partial charge in [0.1, 0.15) is 31.3 Å². The fourth-order valence-electron chi connectivity index (χ4n) is 6.97. The molecule has 3 atom stereocenters. The van der Waals surface area contributed by atoms with Gasteiger partial charge in [-0.2, -0.15) is 20.1 Å². The van der Waals surface area contributed by atoms with Gasteiger partial charge < -0.3 is 29.3 Å². The molecule has 2 aromatic heterocycles. The smallest absolute Gasteiger partial charge is 0.350 e. The Balaban J connectivity index is 0.851. The van der Waals surface area contributed by atoms with Gasteiger partial charge in [0.25, 0.3) is 0 Å². The molecule has 260 valence electrons. The first-order valence-electron chi connectivity index (χ1n) is 17.5. The maximum atomic E-state index is 12.8. The van der Waals surface area contributed by atoms with Crippen molar-refractivity contribution in [3.8, 4) is 11.4 Å². The SMILES string of the molecule is CCC(C)n1ncn(-c2ccc(N3CCN(c4ccc(OCC5COC(Cn6nccn6)(c6ccc7c(c6)NCC7)O5)cc4)CC3)cc2)c1=O. The lowest BCUT2D eigenvalue weighted by molar-refractivity contribution is -0.192. The summed E-state index contributed by atoms with van der Waals surface area (Å²) in [5.41, 5.74) is 6.40. The number of rotatable bonds is 11. The normalized spacial score (nSPS) is 20.9. The monoisotopic (exact) mass is 677 g/mol. The van der Waals surface area contributed by atoms with Crippen molar-refractivity contribution in [2.24, 2.45) is 0 Å². The van der Waals surface area contributed by atoms with Crippen molar-refractivity contribution in [1.82, 2.24) is 29.3 Å². The molecule has 1 N–H and O–H groups in total. The molecule has 3 aromatic carbocycles. The quantitative estimate of drug-likeness (QED) is 0.218. The van der Waals surface area contributed by atoms with Gasteiger partial charge in [0, 0.05) is 55.3 Å². The molecule has 50 heavy (non-hydrogen) atoms. The minimum Gasteiger partial charge on any atom is -0.491 e. The molecule has 0 radical (unpaired) electrons. The number of nitrogens with one attached hydrogen (secondary N) is 1. The molecule has 5 aromatic rings. The minimum atomic E-state index is -1.00. The van der Waals surface area contributed by atoms with E-state index in [-0.39, 0.29) is 17.8 Å². The molecule has 3 unspecified atom stereocenters. The Morgan fingerprint density at radius 3 is 2.30 bits per heavy atom. The van der Waals surface area contributed by atoms with Crippen molar-refractivity contribution in [1.29, 1.82) is 0 Å². The van der Waals surface area contributed by atoms with Crippen molar-refractivity contribution in [2.45, 2.75) is 51.2 Å². The first-order chi connectivity index (χ1) is 24.5. The van der Waals surface area contributed by atoms with Crippen molar-refractivity contribution in [2.75, 3.05) is 61.1 Å². The average molecular weight is 678 g/mol. The van der Waals surface area contributed by atoms with E-state index < -0.39 is 5.79 Å². The summed E-state index contributed by atoms with van der Waals surface area (Å²) in [7, 11) is 0. The lowest BCUT2D eigenvalue weighted by Gasteiger charge is -2.37. The highest BCUT2D eigenvalue weighted by molar-refractivity contribution is 5.58. The Kier molecular flexibility index (Phi) is 8.75. The van der Waals surface area contributed by atoms with E-state index in [1.54, 1.807) is 32.8 Å². The maximum Gasteiger partial charge on any atom is 0.350 e. The summed E-state index contributed by atoms with van der Waals surface area (Å²) in [5, 5.41) is 16.4. The molecule has 3 aliphatic heterocycles.